The summed E-state index contributed by atoms with van der Waals surface area (Å²) in [5.41, 5.74) is 0.864. The molecule has 1 N–H and O–H groups in total. The quantitative estimate of drug-likeness (QED) is 0.829. The minimum absolute atomic E-state index is 0.0314. The lowest BCUT2D eigenvalue weighted by molar-refractivity contribution is -0.136. The lowest BCUT2D eigenvalue weighted by Crippen LogP contribution is -2.48. The van der Waals surface area contributed by atoms with Gasteiger partial charge < -0.3 is 10.2 Å². The molecule has 1 aromatic rings. The van der Waals surface area contributed by atoms with E-state index in [9.17, 15) is 14.0 Å². The highest BCUT2D eigenvalue weighted by Crippen LogP contribution is 2.21. The van der Waals surface area contributed by atoms with Crippen molar-refractivity contribution in [2.24, 2.45) is 5.92 Å². The fourth-order valence-corrected chi connectivity index (χ4v) is 3.38. The Balaban J connectivity index is 1.72. The summed E-state index contributed by atoms with van der Waals surface area (Å²) < 4.78 is 13.0. The Bertz CT molecular complexity index is 632. The maximum absolute atomic E-state index is 13.0. The van der Waals surface area contributed by atoms with E-state index in [4.69, 9.17) is 0 Å². The number of piperidine rings is 1. The van der Waals surface area contributed by atoms with E-state index in [1.807, 2.05) is 32.9 Å². The summed E-state index contributed by atoms with van der Waals surface area (Å²) in [7, 11) is 1.67. The zero-order valence-corrected chi connectivity index (χ0v) is 16.9. The number of carbonyl (C=O) groups excluding carboxylic acids is 2. The largest absolute Gasteiger partial charge is 0.350 e. The van der Waals surface area contributed by atoms with Gasteiger partial charge in [-0.2, -0.15) is 0 Å². The topological polar surface area (TPSA) is 52.7 Å². The van der Waals surface area contributed by atoms with Crippen molar-refractivity contribution in [3.05, 3.63) is 35.6 Å². The molecule has 0 aromatic heterocycles. The van der Waals surface area contributed by atoms with Gasteiger partial charge in [-0.1, -0.05) is 12.1 Å². The van der Waals surface area contributed by atoms with Gasteiger partial charge in [-0.3, -0.25) is 14.5 Å². The van der Waals surface area contributed by atoms with E-state index in [0.29, 0.717) is 12.5 Å². The van der Waals surface area contributed by atoms with Gasteiger partial charge in [-0.25, -0.2) is 4.39 Å². The molecule has 2 rings (SSSR count). The molecular formula is C21H32FN3O2. The number of amides is 2. The molecule has 0 spiro atoms. The first-order valence-electron chi connectivity index (χ1n) is 9.64. The standard InChI is InChI=1S/C21H32FN3O2/c1-21(2,3)23-19(26)14-24(4)20(27)15-25-11-9-17(10-12-25)13-16-5-7-18(22)8-6-16/h5-8,17H,9-15H2,1-4H3,(H,23,26). The number of hydrogen-bond acceptors (Lipinski definition) is 3. The maximum Gasteiger partial charge on any atom is 0.240 e. The number of nitrogens with one attached hydrogen (secondary N) is 1. The Morgan fingerprint density at radius 3 is 2.33 bits per heavy atom. The molecule has 0 atom stereocenters. The summed E-state index contributed by atoms with van der Waals surface area (Å²) in [6.07, 6.45) is 3.01. The molecule has 5 nitrogen and oxygen atoms in total. The number of carbonyl (C=O) groups is 2. The van der Waals surface area contributed by atoms with E-state index in [1.54, 1.807) is 7.05 Å². The zero-order valence-electron chi connectivity index (χ0n) is 16.9. The number of likely N-dealkylation sites (N-methyl/N-ethyl adjacent to an activating group) is 1. The number of likely N-dealkylation sites (tertiary alicyclic amines) is 1. The minimum Gasteiger partial charge on any atom is -0.350 e. The summed E-state index contributed by atoms with van der Waals surface area (Å²) in [4.78, 5) is 28.0. The molecule has 1 saturated heterocycles. The van der Waals surface area contributed by atoms with Crippen molar-refractivity contribution >= 4 is 11.8 Å². The summed E-state index contributed by atoms with van der Waals surface area (Å²) in [6, 6.07) is 6.72. The van der Waals surface area contributed by atoms with Crippen LogP contribution in [0.1, 0.15) is 39.2 Å². The van der Waals surface area contributed by atoms with Gasteiger partial charge in [-0.05, 0) is 76.7 Å². The Hall–Kier alpha value is -1.95. The third-order valence-electron chi connectivity index (χ3n) is 4.82. The lowest BCUT2D eigenvalue weighted by Gasteiger charge is -2.32. The van der Waals surface area contributed by atoms with Crippen LogP contribution in [0.3, 0.4) is 0 Å². The third-order valence-corrected chi connectivity index (χ3v) is 4.82. The van der Waals surface area contributed by atoms with Gasteiger partial charge in [0.1, 0.15) is 5.82 Å². The van der Waals surface area contributed by atoms with Crippen LogP contribution in [0.2, 0.25) is 0 Å². The molecule has 0 unspecified atom stereocenters. The zero-order chi connectivity index (χ0) is 20.0. The van der Waals surface area contributed by atoms with Crippen molar-refractivity contribution < 1.29 is 14.0 Å². The molecule has 150 valence electrons. The second-order valence-electron chi connectivity index (χ2n) is 8.60. The number of halogens is 1. The van der Waals surface area contributed by atoms with Crippen LogP contribution < -0.4 is 5.32 Å². The SMILES string of the molecule is CN(CC(=O)NC(C)(C)C)C(=O)CN1CCC(Cc2ccc(F)cc2)CC1. The van der Waals surface area contributed by atoms with E-state index >= 15 is 0 Å². The van der Waals surface area contributed by atoms with Crippen LogP contribution in [-0.2, 0) is 16.0 Å². The molecule has 27 heavy (non-hydrogen) atoms. The molecule has 1 aliphatic rings. The first kappa shape index (κ1) is 21.4. The highest BCUT2D eigenvalue weighted by molar-refractivity contribution is 5.85. The maximum atomic E-state index is 13.0. The Morgan fingerprint density at radius 2 is 1.78 bits per heavy atom. The highest BCUT2D eigenvalue weighted by atomic mass is 19.1. The Morgan fingerprint density at radius 1 is 1.19 bits per heavy atom. The van der Waals surface area contributed by atoms with Crippen molar-refractivity contribution in [3.8, 4) is 0 Å². The molecule has 2 amide bonds. The lowest BCUT2D eigenvalue weighted by atomic mass is 9.90. The fraction of sp³-hybridized carbons (Fsp3) is 0.619. The van der Waals surface area contributed by atoms with Crippen LogP contribution in [0.4, 0.5) is 4.39 Å². The summed E-state index contributed by atoms with van der Waals surface area (Å²) >= 11 is 0. The van der Waals surface area contributed by atoms with Gasteiger partial charge >= 0.3 is 0 Å². The summed E-state index contributed by atoms with van der Waals surface area (Å²) in [6.45, 7) is 7.94. The second-order valence-corrected chi connectivity index (χ2v) is 8.60. The molecule has 1 aromatic carbocycles. The van der Waals surface area contributed by atoms with E-state index < -0.39 is 0 Å². The van der Waals surface area contributed by atoms with Crippen LogP contribution in [0.5, 0.6) is 0 Å². The van der Waals surface area contributed by atoms with E-state index in [0.717, 1.165) is 37.9 Å². The molecule has 1 aliphatic heterocycles. The normalized spacial score (nSPS) is 16.2. The number of rotatable bonds is 6. The van der Waals surface area contributed by atoms with Crippen LogP contribution >= 0.6 is 0 Å². The van der Waals surface area contributed by atoms with E-state index in [1.165, 1.54) is 17.0 Å². The van der Waals surface area contributed by atoms with E-state index in [2.05, 4.69) is 10.2 Å². The van der Waals surface area contributed by atoms with Crippen LogP contribution in [0.15, 0.2) is 24.3 Å². The highest BCUT2D eigenvalue weighted by Gasteiger charge is 2.23. The first-order chi connectivity index (χ1) is 12.6. The van der Waals surface area contributed by atoms with E-state index in [-0.39, 0.29) is 29.7 Å². The van der Waals surface area contributed by atoms with Crippen molar-refractivity contribution in [3.63, 3.8) is 0 Å². The van der Waals surface area contributed by atoms with Crippen LogP contribution in [0.25, 0.3) is 0 Å². The second kappa shape index (κ2) is 9.31. The third kappa shape index (κ3) is 7.67. The average Bonchev–Trinajstić information content (AvgIpc) is 2.57. The van der Waals surface area contributed by atoms with Gasteiger partial charge in [0.15, 0.2) is 0 Å². The average molecular weight is 378 g/mol. The van der Waals surface area contributed by atoms with Crippen molar-refractivity contribution in [1.29, 1.82) is 0 Å². The van der Waals surface area contributed by atoms with Crippen molar-refractivity contribution in [1.82, 2.24) is 15.1 Å². The van der Waals surface area contributed by atoms with Crippen LogP contribution in [-0.4, -0.2) is 60.4 Å². The molecular weight excluding hydrogens is 345 g/mol. The molecule has 0 bridgehead atoms. The predicted octanol–water partition coefficient (Wildman–Crippen LogP) is 2.45. The first-order valence-corrected chi connectivity index (χ1v) is 9.64. The summed E-state index contributed by atoms with van der Waals surface area (Å²) in [5, 5.41) is 2.87. The molecule has 6 heteroatoms. The Kier molecular flexibility index (Phi) is 7.36. The minimum atomic E-state index is -0.298. The molecule has 0 aliphatic carbocycles. The van der Waals surface area contributed by atoms with Gasteiger partial charge in [0.25, 0.3) is 0 Å². The van der Waals surface area contributed by atoms with Gasteiger partial charge in [0.05, 0.1) is 13.1 Å². The number of nitrogens with zero attached hydrogens (tertiary/aromatic N) is 2. The Labute approximate surface area is 161 Å². The predicted molar refractivity (Wildman–Crippen MR) is 105 cm³/mol. The van der Waals surface area contributed by atoms with Crippen LogP contribution in [0, 0.1) is 11.7 Å². The van der Waals surface area contributed by atoms with Crippen molar-refractivity contribution in [2.45, 2.75) is 45.6 Å². The number of benzene rings is 1. The molecule has 0 saturated carbocycles. The molecule has 0 radical (unpaired) electrons. The fourth-order valence-electron chi connectivity index (χ4n) is 3.38. The number of hydrogen-bond donors (Lipinski definition) is 1. The van der Waals surface area contributed by atoms with Gasteiger partial charge in [0, 0.05) is 12.6 Å². The monoisotopic (exact) mass is 377 g/mol. The molecule has 1 heterocycles. The van der Waals surface area contributed by atoms with Gasteiger partial charge in [0.2, 0.25) is 11.8 Å². The molecule has 1 fully saturated rings. The summed E-state index contributed by atoms with van der Waals surface area (Å²) in [5.74, 6) is 0.192. The van der Waals surface area contributed by atoms with Gasteiger partial charge in [-0.15, -0.1) is 0 Å². The van der Waals surface area contributed by atoms with Crippen molar-refractivity contribution in [2.75, 3.05) is 33.2 Å². The smallest absolute Gasteiger partial charge is 0.240 e.